The number of carbonyl (C=O) groups excluding carboxylic acids is 1. The summed E-state index contributed by atoms with van der Waals surface area (Å²) in [5.41, 5.74) is 2.61. The maximum atomic E-state index is 12.3. The Morgan fingerprint density at radius 3 is 2.52 bits per heavy atom. The number of carbonyl (C=O) groups is 1. The average molecular weight is 389 g/mol. The zero-order valence-corrected chi connectivity index (χ0v) is 16.2. The molecule has 0 aromatic heterocycles. The summed E-state index contributed by atoms with van der Waals surface area (Å²) in [7, 11) is -3.26. The Balaban J connectivity index is 1.71. The van der Waals surface area contributed by atoms with Crippen LogP contribution in [0.4, 0.5) is 21.9 Å². The van der Waals surface area contributed by atoms with Crippen molar-refractivity contribution in [1.29, 1.82) is 0 Å². The van der Waals surface area contributed by atoms with Crippen molar-refractivity contribution in [2.45, 2.75) is 20.3 Å². The van der Waals surface area contributed by atoms with Gasteiger partial charge >= 0.3 is 6.03 Å². The van der Waals surface area contributed by atoms with Gasteiger partial charge < -0.3 is 15.4 Å². The topological polar surface area (TPSA) is 87.7 Å². The molecular formula is C19H23N3O4S. The van der Waals surface area contributed by atoms with E-state index in [2.05, 4.69) is 10.6 Å². The molecule has 0 unspecified atom stereocenters. The van der Waals surface area contributed by atoms with E-state index in [0.29, 0.717) is 36.6 Å². The van der Waals surface area contributed by atoms with Crippen molar-refractivity contribution in [2.75, 3.05) is 33.8 Å². The molecule has 2 aromatic carbocycles. The molecule has 144 valence electrons. The number of aryl methyl sites for hydroxylation is 1. The summed E-state index contributed by atoms with van der Waals surface area (Å²) in [5, 5.41) is 5.54. The number of benzene rings is 2. The minimum Gasteiger partial charge on any atom is -0.494 e. The van der Waals surface area contributed by atoms with Crippen LogP contribution in [0.5, 0.6) is 5.75 Å². The van der Waals surface area contributed by atoms with Crippen molar-refractivity contribution < 1.29 is 17.9 Å². The lowest BCUT2D eigenvalue weighted by Gasteiger charge is -2.19. The van der Waals surface area contributed by atoms with Gasteiger partial charge in [0.05, 0.1) is 18.0 Å². The molecule has 27 heavy (non-hydrogen) atoms. The largest absolute Gasteiger partial charge is 0.494 e. The Labute approximate surface area is 159 Å². The van der Waals surface area contributed by atoms with Gasteiger partial charge in [0.15, 0.2) is 0 Å². The van der Waals surface area contributed by atoms with E-state index in [-0.39, 0.29) is 5.75 Å². The van der Waals surface area contributed by atoms with Gasteiger partial charge in [0, 0.05) is 17.9 Å². The first-order valence-electron chi connectivity index (χ1n) is 8.81. The van der Waals surface area contributed by atoms with Crippen LogP contribution < -0.4 is 19.7 Å². The fraction of sp³-hybridized carbons (Fsp3) is 0.316. The second-order valence-corrected chi connectivity index (χ2v) is 8.29. The van der Waals surface area contributed by atoms with E-state index in [9.17, 15) is 13.2 Å². The van der Waals surface area contributed by atoms with Gasteiger partial charge in [0.25, 0.3) is 0 Å². The van der Waals surface area contributed by atoms with Crippen LogP contribution >= 0.6 is 0 Å². The molecule has 0 spiro atoms. The predicted octanol–water partition coefficient (Wildman–Crippen LogP) is 3.58. The average Bonchev–Trinajstić information content (AvgIpc) is 2.98. The highest BCUT2D eigenvalue weighted by Crippen LogP contribution is 2.28. The van der Waals surface area contributed by atoms with Crippen LogP contribution in [0.15, 0.2) is 42.5 Å². The molecular weight excluding hydrogens is 366 g/mol. The molecule has 1 aliphatic rings. The molecule has 2 aromatic rings. The fourth-order valence-corrected chi connectivity index (χ4v) is 4.47. The predicted molar refractivity (Wildman–Crippen MR) is 107 cm³/mol. The smallest absolute Gasteiger partial charge is 0.323 e. The minimum absolute atomic E-state index is 0.155. The van der Waals surface area contributed by atoms with Crippen LogP contribution in [-0.2, 0) is 10.0 Å². The van der Waals surface area contributed by atoms with Crippen LogP contribution in [0.25, 0.3) is 0 Å². The van der Waals surface area contributed by atoms with Gasteiger partial charge in [-0.1, -0.05) is 6.07 Å². The van der Waals surface area contributed by atoms with Gasteiger partial charge in [0.2, 0.25) is 10.0 Å². The number of ether oxygens (including phenoxy) is 1. The van der Waals surface area contributed by atoms with Crippen molar-refractivity contribution in [2.24, 2.45) is 0 Å². The van der Waals surface area contributed by atoms with E-state index in [0.717, 1.165) is 11.3 Å². The molecule has 1 aliphatic heterocycles. The number of hydrogen-bond donors (Lipinski definition) is 2. The van der Waals surface area contributed by atoms with Gasteiger partial charge in [0.1, 0.15) is 5.75 Å². The molecule has 0 saturated carbocycles. The molecule has 3 rings (SSSR count). The first kappa shape index (κ1) is 19.0. The number of amides is 2. The first-order valence-corrected chi connectivity index (χ1v) is 10.4. The molecule has 1 heterocycles. The molecule has 0 atom stereocenters. The fourth-order valence-electron chi connectivity index (χ4n) is 2.92. The quantitative estimate of drug-likeness (QED) is 0.818. The molecule has 0 radical (unpaired) electrons. The van der Waals surface area contributed by atoms with Crippen molar-refractivity contribution in [3.05, 3.63) is 48.0 Å². The number of nitrogens with zero attached hydrogens (tertiary/aromatic N) is 1. The van der Waals surface area contributed by atoms with E-state index in [4.69, 9.17) is 4.74 Å². The monoisotopic (exact) mass is 389 g/mol. The number of sulfonamides is 1. The zero-order valence-electron chi connectivity index (χ0n) is 15.4. The van der Waals surface area contributed by atoms with Crippen LogP contribution in [0.1, 0.15) is 18.9 Å². The van der Waals surface area contributed by atoms with Crippen LogP contribution in [0.2, 0.25) is 0 Å². The number of hydrogen-bond acceptors (Lipinski definition) is 4. The van der Waals surface area contributed by atoms with E-state index >= 15 is 0 Å². The number of anilines is 3. The van der Waals surface area contributed by atoms with E-state index in [1.165, 1.54) is 4.31 Å². The van der Waals surface area contributed by atoms with E-state index in [1.807, 2.05) is 13.8 Å². The van der Waals surface area contributed by atoms with Crippen molar-refractivity contribution >= 4 is 33.1 Å². The highest BCUT2D eigenvalue weighted by Gasteiger charge is 2.28. The third-order valence-corrected chi connectivity index (χ3v) is 6.15. The molecule has 0 aliphatic carbocycles. The van der Waals surface area contributed by atoms with Crippen LogP contribution in [0.3, 0.4) is 0 Å². The lowest BCUT2D eigenvalue weighted by Crippen LogP contribution is -2.25. The molecule has 8 heteroatoms. The summed E-state index contributed by atoms with van der Waals surface area (Å²) in [6, 6.07) is 11.9. The first-order chi connectivity index (χ1) is 12.9. The van der Waals surface area contributed by atoms with Crippen molar-refractivity contribution in [1.82, 2.24) is 0 Å². The SMILES string of the molecule is CCOc1ccc(NC(=O)Nc2cc(N3CCCS3(=O)=O)ccc2C)cc1. The second kappa shape index (κ2) is 7.87. The highest BCUT2D eigenvalue weighted by molar-refractivity contribution is 7.93. The lowest BCUT2D eigenvalue weighted by atomic mass is 10.2. The van der Waals surface area contributed by atoms with Crippen LogP contribution in [0, 0.1) is 6.92 Å². The maximum Gasteiger partial charge on any atom is 0.323 e. The zero-order chi connectivity index (χ0) is 19.4. The van der Waals surface area contributed by atoms with Crippen LogP contribution in [-0.4, -0.2) is 33.4 Å². The maximum absolute atomic E-state index is 12.3. The minimum atomic E-state index is -3.26. The molecule has 2 amide bonds. The third kappa shape index (κ3) is 4.51. The lowest BCUT2D eigenvalue weighted by molar-refractivity contribution is 0.262. The molecule has 2 N–H and O–H groups in total. The molecule has 7 nitrogen and oxygen atoms in total. The molecule has 1 saturated heterocycles. The Morgan fingerprint density at radius 2 is 1.89 bits per heavy atom. The highest BCUT2D eigenvalue weighted by atomic mass is 32.2. The summed E-state index contributed by atoms with van der Waals surface area (Å²) in [6.07, 6.45) is 0.608. The standard InChI is InChI=1S/C19H23N3O4S/c1-3-26-17-9-6-15(7-10-17)20-19(23)21-18-13-16(8-5-14(18)2)22-11-4-12-27(22,24)25/h5-10,13H,3-4,11-12H2,1-2H3,(H2,20,21,23). The van der Waals surface area contributed by atoms with Crippen molar-refractivity contribution in [3.8, 4) is 5.75 Å². The molecule has 1 fully saturated rings. The Hall–Kier alpha value is -2.74. The van der Waals surface area contributed by atoms with Crippen molar-refractivity contribution in [3.63, 3.8) is 0 Å². The van der Waals surface area contributed by atoms with E-state index < -0.39 is 16.1 Å². The van der Waals surface area contributed by atoms with Gasteiger partial charge in [-0.05, 0) is 62.2 Å². The summed E-state index contributed by atoms with van der Waals surface area (Å²) in [6.45, 7) is 4.80. The number of urea groups is 1. The normalized spacial score (nSPS) is 15.4. The van der Waals surface area contributed by atoms with E-state index in [1.54, 1.807) is 42.5 Å². The number of rotatable bonds is 5. The molecule has 0 bridgehead atoms. The Morgan fingerprint density at radius 1 is 1.15 bits per heavy atom. The second-order valence-electron chi connectivity index (χ2n) is 6.28. The van der Waals surface area contributed by atoms with Gasteiger partial charge in [-0.2, -0.15) is 0 Å². The Bertz CT molecular complexity index is 926. The van der Waals surface area contributed by atoms with Gasteiger partial charge in [-0.25, -0.2) is 13.2 Å². The summed E-state index contributed by atoms with van der Waals surface area (Å²) in [4.78, 5) is 12.3. The third-order valence-electron chi connectivity index (χ3n) is 4.28. The van der Waals surface area contributed by atoms with Gasteiger partial charge in [-0.3, -0.25) is 4.31 Å². The number of nitrogens with one attached hydrogen (secondary N) is 2. The van der Waals surface area contributed by atoms with Gasteiger partial charge in [-0.15, -0.1) is 0 Å². The Kier molecular flexibility index (Phi) is 5.55. The summed E-state index contributed by atoms with van der Waals surface area (Å²) in [5.74, 6) is 0.890. The summed E-state index contributed by atoms with van der Waals surface area (Å²) >= 11 is 0. The summed E-state index contributed by atoms with van der Waals surface area (Å²) < 4.78 is 31.0.